The molecule has 0 amide bonds. The number of aromatic nitrogens is 2. The average Bonchev–Trinajstić information content (AvgIpc) is 2.96. The van der Waals surface area contributed by atoms with Crippen molar-refractivity contribution in [3.05, 3.63) is 29.1 Å². The molecule has 0 radical (unpaired) electrons. The van der Waals surface area contributed by atoms with Gasteiger partial charge in [-0.2, -0.15) is 4.98 Å². The summed E-state index contributed by atoms with van der Waals surface area (Å²) in [5.74, 6) is 1.62. The van der Waals surface area contributed by atoms with E-state index in [2.05, 4.69) is 10.1 Å². The maximum absolute atomic E-state index is 5.94. The fraction of sp³-hybridized carbons (Fsp3) is 0.429. The minimum atomic E-state index is -0.315. The molecule has 1 aromatic carbocycles. The molecule has 0 aliphatic heterocycles. The molecule has 2 rings (SSSR count). The number of nitrogens with zero attached hydrogens (tertiary/aromatic N) is 2. The van der Waals surface area contributed by atoms with Gasteiger partial charge in [-0.1, -0.05) is 23.7 Å². The Labute approximate surface area is 123 Å². The van der Waals surface area contributed by atoms with E-state index in [9.17, 15) is 0 Å². The lowest BCUT2D eigenvalue weighted by molar-refractivity contribution is 0.291. The van der Waals surface area contributed by atoms with Crippen molar-refractivity contribution in [2.45, 2.75) is 25.7 Å². The van der Waals surface area contributed by atoms with Gasteiger partial charge in [0, 0.05) is 11.6 Å². The van der Waals surface area contributed by atoms with E-state index in [0.717, 1.165) is 12.0 Å². The zero-order valence-electron chi connectivity index (χ0n) is 11.8. The summed E-state index contributed by atoms with van der Waals surface area (Å²) in [6, 6.07) is 5.29. The van der Waals surface area contributed by atoms with Crippen molar-refractivity contribution in [1.82, 2.24) is 10.1 Å². The van der Waals surface area contributed by atoms with Crippen molar-refractivity contribution < 1.29 is 9.26 Å². The van der Waals surface area contributed by atoms with E-state index < -0.39 is 0 Å². The molecular weight excluding hydrogens is 278 g/mol. The average molecular weight is 296 g/mol. The quantitative estimate of drug-likeness (QED) is 0.917. The number of hydrogen-bond acceptors (Lipinski definition) is 5. The van der Waals surface area contributed by atoms with E-state index >= 15 is 0 Å². The van der Waals surface area contributed by atoms with Crippen LogP contribution in [-0.2, 0) is 5.41 Å². The van der Waals surface area contributed by atoms with Crippen molar-refractivity contribution in [2.24, 2.45) is 5.73 Å². The monoisotopic (exact) mass is 295 g/mol. The number of ether oxygens (including phenoxy) is 1. The normalized spacial score (nSPS) is 14.1. The minimum absolute atomic E-state index is 0.315. The van der Waals surface area contributed by atoms with E-state index in [-0.39, 0.29) is 5.41 Å². The smallest absolute Gasteiger partial charge is 0.234 e. The standard InChI is InChI=1S/C14H18ClN3O2/c1-4-14(2,8-16)13-17-12(18-20-13)10-6-5-9(15)7-11(10)19-3/h5-7H,4,8,16H2,1-3H3. The minimum Gasteiger partial charge on any atom is -0.496 e. The molecule has 0 saturated heterocycles. The Bertz CT molecular complexity index is 594. The molecule has 108 valence electrons. The van der Waals surface area contributed by atoms with Gasteiger partial charge in [0.1, 0.15) is 5.75 Å². The lowest BCUT2D eigenvalue weighted by atomic mass is 9.88. The van der Waals surface area contributed by atoms with Crippen molar-refractivity contribution in [3.63, 3.8) is 0 Å². The van der Waals surface area contributed by atoms with E-state index in [1.54, 1.807) is 19.2 Å². The third kappa shape index (κ3) is 2.64. The Morgan fingerprint density at radius 2 is 2.20 bits per heavy atom. The summed E-state index contributed by atoms with van der Waals surface area (Å²) in [5, 5.41) is 4.61. The van der Waals surface area contributed by atoms with E-state index in [1.807, 2.05) is 19.9 Å². The highest BCUT2D eigenvalue weighted by molar-refractivity contribution is 6.30. The molecule has 0 bridgehead atoms. The van der Waals surface area contributed by atoms with Gasteiger partial charge in [0.05, 0.1) is 18.1 Å². The highest BCUT2D eigenvalue weighted by Crippen LogP contribution is 2.32. The van der Waals surface area contributed by atoms with E-state index in [4.69, 9.17) is 26.6 Å². The Morgan fingerprint density at radius 1 is 1.45 bits per heavy atom. The van der Waals surface area contributed by atoms with Crippen molar-refractivity contribution >= 4 is 11.6 Å². The molecule has 0 aliphatic carbocycles. The number of methoxy groups -OCH3 is 1. The van der Waals surface area contributed by atoms with Gasteiger partial charge in [0.25, 0.3) is 0 Å². The fourth-order valence-corrected chi connectivity index (χ4v) is 1.97. The van der Waals surface area contributed by atoms with Crippen LogP contribution >= 0.6 is 11.6 Å². The third-order valence-electron chi connectivity index (χ3n) is 3.58. The Kier molecular flexibility index (Phi) is 4.30. The van der Waals surface area contributed by atoms with Gasteiger partial charge in [0.15, 0.2) is 0 Å². The summed E-state index contributed by atoms with van der Waals surface area (Å²) in [4.78, 5) is 4.45. The van der Waals surface area contributed by atoms with Crippen LogP contribution in [0.1, 0.15) is 26.2 Å². The number of rotatable bonds is 5. The summed E-state index contributed by atoms with van der Waals surface area (Å²) in [5.41, 5.74) is 6.23. The Balaban J connectivity index is 2.43. The molecule has 20 heavy (non-hydrogen) atoms. The summed E-state index contributed by atoms with van der Waals surface area (Å²) < 4.78 is 10.7. The molecule has 1 atom stereocenters. The third-order valence-corrected chi connectivity index (χ3v) is 3.81. The predicted molar refractivity (Wildman–Crippen MR) is 78.0 cm³/mol. The SMILES string of the molecule is CCC(C)(CN)c1nc(-c2ccc(Cl)cc2OC)no1. The maximum Gasteiger partial charge on any atom is 0.234 e. The van der Waals surface area contributed by atoms with Crippen LogP contribution in [-0.4, -0.2) is 23.8 Å². The van der Waals surface area contributed by atoms with Crippen LogP contribution < -0.4 is 10.5 Å². The topological polar surface area (TPSA) is 74.2 Å². The van der Waals surface area contributed by atoms with Crippen LogP contribution in [0.2, 0.25) is 5.02 Å². The second-order valence-corrected chi connectivity index (χ2v) is 5.32. The number of nitrogens with two attached hydrogens (primary N) is 1. The first-order valence-corrected chi connectivity index (χ1v) is 6.80. The van der Waals surface area contributed by atoms with Gasteiger partial charge < -0.3 is 15.0 Å². The highest BCUT2D eigenvalue weighted by atomic mass is 35.5. The summed E-state index contributed by atoms with van der Waals surface area (Å²) in [7, 11) is 1.58. The molecule has 0 fully saturated rings. The molecule has 2 aromatic rings. The van der Waals surface area contributed by atoms with Crippen LogP contribution in [0.4, 0.5) is 0 Å². The van der Waals surface area contributed by atoms with Crippen molar-refractivity contribution in [2.75, 3.05) is 13.7 Å². The first kappa shape index (κ1) is 14.8. The predicted octanol–water partition coefficient (Wildman–Crippen LogP) is 3.03. The summed E-state index contributed by atoms with van der Waals surface area (Å²) in [6.07, 6.45) is 0.822. The van der Waals surface area contributed by atoms with Crippen LogP contribution in [0, 0.1) is 0 Å². The fourth-order valence-electron chi connectivity index (χ4n) is 1.81. The van der Waals surface area contributed by atoms with Gasteiger partial charge in [0.2, 0.25) is 11.7 Å². The van der Waals surface area contributed by atoms with Crippen LogP contribution in [0.3, 0.4) is 0 Å². The van der Waals surface area contributed by atoms with Crippen molar-refractivity contribution in [3.8, 4) is 17.1 Å². The first-order valence-electron chi connectivity index (χ1n) is 6.42. The molecule has 6 heteroatoms. The lowest BCUT2D eigenvalue weighted by Crippen LogP contribution is -2.31. The van der Waals surface area contributed by atoms with Crippen LogP contribution in [0.25, 0.3) is 11.4 Å². The molecule has 5 nitrogen and oxygen atoms in total. The van der Waals surface area contributed by atoms with E-state index in [1.165, 1.54) is 0 Å². The van der Waals surface area contributed by atoms with Crippen LogP contribution in [0.5, 0.6) is 5.75 Å². The van der Waals surface area contributed by atoms with Crippen LogP contribution in [0.15, 0.2) is 22.7 Å². The van der Waals surface area contributed by atoms with Gasteiger partial charge in [-0.25, -0.2) is 0 Å². The lowest BCUT2D eigenvalue weighted by Gasteiger charge is -2.20. The number of hydrogen-bond donors (Lipinski definition) is 1. The zero-order valence-corrected chi connectivity index (χ0v) is 12.6. The van der Waals surface area contributed by atoms with Gasteiger partial charge >= 0.3 is 0 Å². The highest BCUT2D eigenvalue weighted by Gasteiger charge is 2.30. The number of benzene rings is 1. The molecule has 1 aromatic heterocycles. The zero-order chi connectivity index (χ0) is 14.8. The molecular formula is C14H18ClN3O2. The second-order valence-electron chi connectivity index (χ2n) is 4.89. The first-order chi connectivity index (χ1) is 9.54. The van der Waals surface area contributed by atoms with Gasteiger partial charge in [-0.05, 0) is 31.5 Å². The van der Waals surface area contributed by atoms with Gasteiger partial charge in [-0.3, -0.25) is 0 Å². The summed E-state index contributed by atoms with van der Waals surface area (Å²) >= 11 is 5.94. The molecule has 0 saturated carbocycles. The Morgan fingerprint density at radius 3 is 2.80 bits per heavy atom. The molecule has 1 heterocycles. The van der Waals surface area contributed by atoms with Crippen molar-refractivity contribution in [1.29, 1.82) is 0 Å². The Hall–Kier alpha value is -1.59. The molecule has 1 unspecified atom stereocenters. The largest absolute Gasteiger partial charge is 0.496 e. The number of halogens is 1. The van der Waals surface area contributed by atoms with Gasteiger partial charge in [-0.15, -0.1) is 0 Å². The molecule has 0 aliphatic rings. The second kappa shape index (κ2) is 5.81. The molecule has 2 N–H and O–H groups in total. The maximum atomic E-state index is 5.94. The van der Waals surface area contributed by atoms with E-state index in [0.29, 0.717) is 29.0 Å². The molecule has 0 spiro atoms. The summed E-state index contributed by atoms with van der Waals surface area (Å²) in [6.45, 7) is 4.49.